The van der Waals surface area contributed by atoms with Crippen molar-refractivity contribution in [2.45, 2.75) is 0 Å². The number of nitrogens with two attached hydrogens (primary N) is 1. The summed E-state index contributed by atoms with van der Waals surface area (Å²) in [7, 11) is 1.35. The van der Waals surface area contributed by atoms with E-state index in [1.807, 2.05) is 0 Å². The maximum absolute atomic E-state index is 11.3. The molecule has 0 atom stereocenters. The Balaban J connectivity index is 2.59. The van der Waals surface area contributed by atoms with Crippen LogP contribution in [0.3, 0.4) is 0 Å². The summed E-state index contributed by atoms with van der Waals surface area (Å²) in [6.45, 7) is 0. The summed E-state index contributed by atoms with van der Waals surface area (Å²) < 4.78 is 4.62. The standard InChI is InChI=1S/C11H10N2O2/c1-15-11(14)7-2-3-10-8(4-7)5-9(12)6-13-10/h2-6H,12H2,1H3. The minimum Gasteiger partial charge on any atom is -0.465 e. The maximum atomic E-state index is 11.3. The summed E-state index contributed by atoms with van der Waals surface area (Å²) in [5.74, 6) is -0.362. The highest BCUT2D eigenvalue weighted by atomic mass is 16.5. The van der Waals surface area contributed by atoms with Gasteiger partial charge in [-0.05, 0) is 24.3 Å². The zero-order chi connectivity index (χ0) is 10.8. The fourth-order valence-electron chi connectivity index (χ4n) is 1.39. The Bertz CT molecular complexity index is 523. The third kappa shape index (κ3) is 1.74. The van der Waals surface area contributed by atoms with Crippen LogP contribution in [0.2, 0.25) is 0 Å². The number of nitrogen functional groups attached to an aromatic ring is 1. The molecule has 2 N–H and O–H groups in total. The molecule has 0 saturated carbocycles. The van der Waals surface area contributed by atoms with Gasteiger partial charge in [0.15, 0.2) is 0 Å². The van der Waals surface area contributed by atoms with E-state index >= 15 is 0 Å². The van der Waals surface area contributed by atoms with Crippen LogP contribution in [-0.2, 0) is 4.74 Å². The van der Waals surface area contributed by atoms with Crippen molar-refractivity contribution >= 4 is 22.6 Å². The van der Waals surface area contributed by atoms with E-state index in [0.29, 0.717) is 11.3 Å². The van der Waals surface area contributed by atoms with Crippen LogP contribution in [-0.4, -0.2) is 18.1 Å². The monoisotopic (exact) mass is 202 g/mol. The molecule has 0 spiro atoms. The summed E-state index contributed by atoms with van der Waals surface area (Å²) in [6.07, 6.45) is 1.58. The van der Waals surface area contributed by atoms with Crippen LogP contribution in [0.4, 0.5) is 5.69 Å². The fraction of sp³-hybridized carbons (Fsp3) is 0.0909. The average Bonchev–Trinajstić information content (AvgIpc) is 2.27. The molecule has 2 aromatic rings. The van der Waals surface area contributed by atoms with Crippen molar-refractivity contribution in [3.8, 4) is 0 Å². The number of anilines is 1. The Morgan fingerprint density at radius 2 is 2.20 bits per heavy atom. The van der Waals surface area contributed by atoms with Crippen LogP contribution in [0.15, 0.2) is 30.5 Å². The summed E-state index contributed by atoms with van der Waals surface area (Å²) >= 11 is 0. The van der Waals surface area contributed by atoms with Gasteiger partial charge in [0.1, 0.15) is 0 Å². The summed E-state index contributed by atoms with van der Waals surface area (Å²) in [5, 5.41) is 0.831. The second-order valence-corrected chi connectivity index (χ2v) is 3.17. The molecule has 0 aliphatic carbocycles. The van der Waals surface area contributed by atoms with Gasteiger partial charge in [0.25, 0.3) is 0 Å². The Labute approximate surface area is 86.7 Å². The Kier molecular flexibility index (Phi) is 2.25. The molecule has 0 radical (unpaired) electrons. The molecule has 0 unspecified atom stereocenters. The second kappa shape index (κ2) is 3.57. The quantitative estimate of drug-likeness (QED) is 0.713. The molecule has 0 amide bonds. The first-order chi connectivity index (χ1) is 7.20. The molecule has 1 aromatic carbocycles. The van der Waals surface area contributed by atoms with Gasteiger partial charge in [-0.3, -0.25) is 4.98 Å². The minimum atomic E-state index is -0.362. The first kappa shape index (κ1) is 9.45. The fourth-order valence-corrected chi connectivity index (χ4v) is 1.39. The molecule has 0 aliphatic heterocycles. The molecule has 1 aromatic heterocycles. The van der Waals surface area contributed by atoms with Gasteiger partial charge in [-0.15, -0.1) is 0 Å². The molecular formula is C11H10N2O2. The van der Waals surface area contributed by atoms with Gasteiger partial charge in [-0.1, -0.05) is 0 Å². The third-order valence-electron chi connectivity index (χ3n) is 2.12. The van der Waals surface area contributed by atoms with Crippen LogP contribution >= 0.6 is 0 Å². The molecule has 0 aliphatic rings. The smallest absolute Gasteiger partial charge is 0.337 e. The van der Waals surface area contributed by atoms with Crippen molar-refractivity contribution in [2.75, 3.05) is 12.8 Å². The molecule has 76 valence electrons. The van der Waals surface area contributed by atoms with E-state index in [9.17, 15) is 4.79 Å². The molecule has 0 saturated heterocycles. The van der Waals surface area contributed by atoms with Crippen molar-refractivity contribution in [3.05, 3.63) is 36.0 Å². The van der Waals surface area contributed by atoms with Gasteiger partial charge in [0.05, 0.1) is 30.1 Å². The van der Waals surface area contributed by atoms with Crippen LogP contribution in [0.1, 0.15) is 10.4 Å². The zero-order valence-corrected chi connectivity index (χ0v) is 8.23. The normalized spacial score (nSPS) is 10.2. The lowest BCUT2D eigenvalue weighted by Gasteiger charge is -2.02. The molecule has 4 heteroatoms. The van der Waals surface area contributed by atoms with Gasteiger partial charge in [0.2, 0.25) is 0 Å². The summed E-state index contributed by atoms with van der Waals surface area (Å²) in [5.41, 5.74) is 7.48. The maximum Gasteiger partial charge on any atom is 0.337 e. The third-order valence-corrected chi connectivity index (χ3v) is 2.12. The predicted molar refractivity (Wildman–Crippen MR) is 57.5 cm³/mol. The Hall–Kier alpha value is -2.10. The number of methoxy groups -OCH3 is 1. The van der Waals surface area contributed by atoms with Gasteiger partial charge in [-0.25, -0.2) is 4.79 Å². The number of rotatable bonds is 1. The van der Waals surface area contributed by atoms with Crippen molar-refractivity contribution in [1.29, 1.82) is 0 Å². The molecule has 15 heavy (non-hydrogen) atoms. The van der Waals surface area contributed by atoms with Gasteiger partial charge in [0, 0.05) is 5.39 Å². The summed E-state index contributed by atoms with van der Waals surface area (Å²) in [4.78, 5) is 15.4. The molecule has 0 fully saturated rings. The van der Waals surface area contributed by atoms with Gasteiger partial charge in [-0.2, -0.15) is 0 Å². The van der Waals surface area contributed by atoms with Crippen LogP contribution < -0.4 is 5.73 Å². The van der Waals surface area contributed by atoms with Crippen LogP contribution in [0.5, 0.6) is 0 Å². The van der Waals surface area contributed by atoms with Crippen molar-refractivity contribution in [1.82, 2.24) is 4.98 Å². The Morgan fingerprint density at radius 1 is 1.40 bits per heavy atom. The molecule has 4 nitrogen and oxygen atoms in total. The van der Waals surface area contributed by atoms with E-state index in [1.54, 1.807) is 30.5 Å². The number of carbonyl (C=O) groups excluding carboxylic acids is 1. The number of esters is 1. The van der Waals surface area contributed by atoms with Crippen molar-refractivity contribution < 1.29 is 9.53 Å². The first-order valence-corrected chi connectivity index (χ1v) is 4.44. The van der Waals surface area contributed by atoms with Crippen LogP contribution in [0, 0.1) is 0 Å². The highest BCUT2D eigenvalue weighted by molar-refractivity contribution is 5.94. The van der Waals surface area contributed by atoms with Gasteiger partial charge >= 0.3 is 5.97 Å². The van der Waals surface area contributed by atoms with E-state index in [-0.39, 0.29) is 5.97 Å². The molecule has 0 bridgehead atoms. The highest BCUT2D eigenvalue weighted by Gasteiger charge is 2.06. The number of ether oxygens (including phenoxy) is 1. The predicted octanol–water partition coefficient (Wildman–Crippen LogP) is 1.60. The Morgan fingerprint density at radius 3 is 2.93 bits per heavy atom. The lowest BCUT2D eigenvalue weighted by atomic mass is 10.1. The number of nitrogens with zero attached hydrogens (tertiary/aromatic N) is 1. The molecule has 1 heterocycles. The van der Waals surface area contributed by atoms with Crippen molar-refractivity contribution in [2.24, 2.45) is 0 Å². The van der Waals surface area contributed by atoms with Gasteiger partial charge < -0.3 is 10.5 Å². The van der Waals surface area contributed by atoms with E-state index in [0.717, 1.165) is 10.9 Å². The first-order valence-electron chi connectivity index (χ1n) is 4.44. The van der Waals surface area contributed by atoms with E-state index in [1.165, 1.54) is 7.11 Å². The van der Waals surface area contributed by atoms with Crippen LogP contribution in [0.25, 0.3) is 10.9 Å². The number of pyridine rings is 1. The lowest BCUT2D eigenvalue weighted by molar-refractivity contribution is 0.0601. The number of benzene rings is 1. The summed E-state index contributed by atoms with van der Waals surface area (Å²) in [6, 6.07) is 6.93. The van der Waals surface area contributed by atoms with E-state index in [4.69, 9.17) is 5.73 Å². The number of fused-ring (bicyclic) bond motifs is 1. The lowest BCUT2D eigenvalue weighted by Crippen LogP contribution is -2.00. The molecular weight excluding hydrogens is 192 g/mol. The van der Waals surface area contributed by atoms with E-state index in [2.05, 4.69) is 9.72 Å². The highest BCUT2D eigenvalue weighted by Crippen LogP contribution is 2.16. The number of aromatic nitrogens is 1. The average molecular weight is 202 g/mol. The number of hydrogen-bond acceptors (Lipinski definition) is 4. The SMILES string of the molecule is COC(=O)c1ccc2ncc(N)cc2c1. The molecule has 2 rings (SSSR count). The zero-order valence-electron chi connectivity index (χ0n) is 8.23. The van der Waals surface area contributed by atoms with Crippen molar-refractivity contribution in [3.63, 3.8) is 0 Å². The second-order valence-electron chi connectivity index (χ2n) is 3.17. The minimum absolute atomic E-state index is 0.362. The number of carbonyl (C=O) groups is 1. The largest absolute Gasteiger partial charge is 0.465 e. The number of hydrogen-bond donors (Lipinski definition) is 1. The van der Waals surface area contributed by atoms with E-state index < -0.39 is 0 Å². The topological polar surface area (TPSA) is 65.2 Å².